The van der Waals surface area contributed by atoms with Gasteiger partial charge in [0.25, 0.3) is 0 Å². The minimum Gasteiger partial charge on any atom is -0.423 e. The van der Waals surface area contributed by atoms with Crippen LogP contribution in [0, 0.1) is 18.2 Å². The quantitative estimate of drug-likeness (QED) is 0.552. The molecule has 0 atom stereocenters. The minimum absolute atomic E-state index is 0.0133. The zero-order valence-electron chi connectivity index (χ0n) is 9.15. The molecule has 12 heavy (non-hydrogen) atoms. The molecule has 3 nitrogen and oxygen atoms in total. The predicted octanol–water partition coefficient (Wildman–Crippen LogP) is -0.454. The maximum atomic E-state index is 8.87. The van der Waals surface area contributed by atoms with E-state index in [4.69, 9.17) is 19.4 Å². The average molecular weight is 164 g/mol. The second kappa shape index (κ2) is 3.39. The Labute approximate surface area is 75.2 Å². The third-order valence-corrected chi connectivity index (χ3v) is 1.46. The van der Waals surface area contributed by atoms with E-state index in [1.54, 1.807) is 6.07 Å². The summed E-state index contributed by atoms with van der Waals surface area (Å²) < 4.78 is 21.5. The van der Waals surface area contributed by atoms with E-state index in [0.29, 0.717) is 0 Å². The molecule has 1 aromatic carbocycles. The standard InChI is InChI=1S/C8H8BNO2/c1-6-4-8(9(11)12)3-2-7(6)5-10/h2-4,11-12H,1H3/i1D3. The van der Waals surface area contributed by atoms with Gasteiger partial charge >= 0.3 is 7.12 Å². The van der Waals surface area contributed by atoms with Gasteiger partial charge in [0.15, 0.2) is 0 Å². The van der Waals surface area contributed by atoms with E-state index in [1.807, 2.05) is 0 Å². The van der Waals surface area contributed by atoms with Crippen LogP contribution in [-0.2, 0) is 0 Å². The third-order valence-electron chi connectivity index (χ3n) is 1.46. The van der Waals surface area contributed by atoms with Crippen LogP contribution < -0.4 is 5.46 Å². The van der Waals surface area contributed by atoms with Gasteiger partial charge in [-0.3, -0.25) is 0 Å². The van der Waals surface area contributed by atoms with Crippen molar-refractivity contribution in [2.45, 2.75) is 6.85 Å². The molecule has 0 amide bonds. The molecule has 2 N–H and O–H groups in total. The monoisotopic (exact) mass is 164 g/mol. The molecule has 0 spiro atoms. The van der Waals surface area contributed by atoms with Gasteiger partial charge < -0.3 is 10.0 Å². The van der Waals surface area contributed by atoms with Crippen LogP contribution in [0.15, 0.2) is 18.2 Å². The van der Waals surface area contributed by atoms with Gasteiger partial charge in [-0.05, 0) is 23.9 Å². The minimum atomic E-state index is -2.43. The Morgan fingerprint density at radius 3 is 2.83 bits per heavy atom. The second-order valence-electron chi connectivity index (χ2n) is 2.29. The van der Waals surface area contributed by atoms with Crippen LogP contribution in [-0.4, -0.2) is 17.2 Å². The first-order valence-electron chi connectivity index (χ1n) is 4.77. The lowest BCUT2D eigenvalue weighted by Crippen LogP contribution is -2.29. The summed E-state index contributed by atoms with van der Waals surface area (Å²) in [4.78, 5) is 0. The molecule has 0 saturated carbocycles. The molecular formula is C8H8BNO2. The van der Waals surface area contributed by atoms with E-state index in [9.17, 15) is 0 Å². The molecule has 0 aliphatic rings. The van der Waals surface area contributed by atoms with Crippen LogP contribution in [0.25, 0.3) is 0 Å². The Kier molecular flexibility index (Phi) is 1.52. The highest BCUT2D eigenvalue weighted by Crippen LogP contribution is 2.03. The molecule has 4 heteroatoms. The van der Waals surface area contributed by atoms with E-state index in [1.165, 1.54) is 12.1 Å². The van der Waals surface area contributed by atoms with Crippen molar-refractivity contribution in [3.8, 4) is 6.07 Å². The molecule has 0 aromatic heterocycles. The van der Waals surface area contributed by atoms with Crippen molar-refractivity contribution >= 4 is 12.6 Å². The van der Waals surface area contributed by atoms with Crippen molar-refractivity contribution in [1.82, 2.24) is 0 Å². The van der Waals surface area contributed by atoms with Crippen LogP contribution in [0.5, 0.6) is 0 Å². The summed E-state index contributed by atoms with van der Waals surface area (Å²) in [6, 6.07) is 5.42. The molecule has 0 aliphatic carbocycles. The zero-order valence-corrected chi connectivity index (χ0v) is 6.15. The lowest BCUT2D eigenvalue weighted by atomic mass is 9.79. The molecule has 1 rings (SSSR count). The summed E-state index contributed by atoms with van der Waals surface area (Å²) in [6.07, 6.45) is 0. The van der Waals surface area contributed by atoms with Gasteiger partial charge in [0, 0.05) is 4.11 Å². The largest absolute Gasteiger partial charge is 0.488 e. The predicted molar refractivity (Wildman–Crippen MR) is 45.7 cm³/mol. The van der Waals surface area contributed by atoms with E-state index in [0.717, 1.165) is 6.07 Å². The van der Waals surface area contributed by atoms with Crippen LogP contribution in [0.2, 0.25) is 0 Å². The smallest absolute Gasteiger partial charge is 0.423 e. The number of benzene rings is 1. The molecule has 0 saturated heterocycles. The number of nitriles is 1. The maximum Gasteiger partial charge on any atom is 0.488 e. The van der Waals surface area contributed by atoms with Crippen LogP contribution in [0.1, 0.15) is 15.2 Å². The summed E-state index contributed by atoms with van der Waals surface area (Å²) in [7, 11) is -1.74. The van der Waals surface area contributed by atoms with Crippen molar-refractivity contribution in [3.63, 3.8) is 0 Å². The fourth-order valence-electron chi connectivity index (χ4n) is 0.820. The Balaban J connectivity index is 3.34. The summed E-state index contributed by atoms with van der Waals surface area (Å²) >= 11 is 0. The van der Waals surface area contributed by atoms with Gasteiger partial charge in [0.05, 0.1) is 11.6 Å². The van der Waals surface area contributed by atoms with Crippen LogP contribution in [0.3, 0.4) is 0 Å². The summed E-state index contributed by atoms with van der Waals surface area (Å²) in [5, 5.41) is 26.4. The molecular weight excluding hydrogens is 153 g/mol. The summed E-state index contributed by atoms with van der Waals surface area (Å²) in [6.45, 7) is -2.43. The zero-order chi connectivity index (χ0) is 11.6. The van der Waals surface area contributed by atoms with Crippen molar-refractivity contribution in [2.24, 2.45) is 0 Å². The maximum absolute atomic E-state index is 8.87. The molecule has 0 fully saturated rings. The number of aryl methyl sites for hydroxylation is 1. The van der Waals surface area contributed by atoms with Crippen LogP contribution in [0.4, 0.5) is 0 Å². The van der Waals surface area contributed by atoms with E-state index >= 15 is 0 Å². The highest BCUT2D eigenvalue weighted by molar-refractivity contribution is 6.58. The normalized spacial score (nSPS) is 13.9. The Morgan fingerprint density at radius 2 is 2.33 bits per heavy atom. The van der Waals surface area contributed by atoms with E-state index < -0.39 is 14.0 Å². The van der Waals surface area contributed by atoms with Crippen molar-refractivity contribution in [1.29, 1.82) is 5.26 Å². The van der Waals surface area contributed by atoms with Gasteiger partial charge in [-0.15, -0.1) is 0 Å². The Bertz CT molecular complexity index is 411. The number of hydrogen-bond acceptors (Lipinski definition) is 3. The first-order valence-corrected chi connectivity index (χ1v) is 3.27. The second-order valence-corrected chi connectivity index (χ2v) is 2.29. The lowest BCUT2D eigenvalue weighted by molar-refractivity contribution is 0.425. The number of nitrogens with zero attached hydrogens (tertiary/aromatic N) is 1. The first-order chi connectivity index (χ1) is 6.86. The van der Waals surface area contributed by atoms with Gasteiger partial charge in [-0.25, -0.2) is 0 Å². The van der Waals surface area contributed by atoms with Crippen molar-refractivity contribution in [2.75, 3.05) is 0 Å². The molecule has 0 radical (unpaired) electrons. The first kappa shape index (κ1) is 5.36. The third kappa shape index (κ3) is 1.64. The summed E-state index contributed by atoms with van der Waals surface area (Å²) in [5.41, 5.74) is -0.102. The molecule has 1 aromatic rings. The van der Waals surface area contributed by atoms with E-state index in [2.05, 4.69) is 0 Å². The Hall–Kier alpha value is -1.31. The van der Waals surface area contributed by atoms with Gasteiger partial charge in [-0.2, -0.15) is 5.26 Å². The number of rotatable bonds is 1. The molecule has 0 unspecified atom stereocenters. The summed E-state index contributed by atoms with van der Waals surface area (Å²) in [5.74, 6) is 0. The molecule has 0 heterocycles. The van der Waals surface area contributed by atoms with Gasteiger partial charge in [0.2, 0.25) is 0 Å². The fourth-order valence-corrected chi connectivity index (χ4v) is 0.820. The lowest BCUT2D eigenvalue weighted by Gasteiger charge is -2.01. The van der Waals surface area contributed by atoms with Crippen molar-refractivity contribution in [3.05, 3.63) is 29.3 Å². The van der Waals surface area contributed by atoms with Crippen molar-refractivity contribution < 1.29 is 14.2 Å². The molecule has 0 bridgehead atoms. The van der Waals surface area contributed by atoms with Gasteiger partial charge in [0.1, 0.15) is 0 Å². The van der Waals surface area contributed by atoms with Gasteiger partial charge in [-0.1, -0.05) is 12.1 Å². The highest BCUT2D eigenvalue weighted by Gasteiger charge is 2.11. The number of hydrogen-bond donors (Lipinski definition) is 2. The molecule has 0 aliphatic heterocycles. The molecule has 60 valence electrons. The highest BCUT2D eigenvalue weighted by atomic mass is 16.4. The average Bonchev–Trinajstić information content (AvgIpc) is 2.15. The Morgan fingerprint density at radius 1 is 1.58 bits per heavy atom. The fraction of sp³-hybridized carbons (Fsp3) is 0.125. The SMILES string of the molecule is [2H]C([2H])([2H])c1cc(B(O)O)ccc1C#N. The topological polar surface area (TPSA) is 64.2 Å². The van der Waals surface area contributed by atoms with Crippen LogP contribution >= 0.6 is 0 Å². The van der Waals surface area contributed by atoms with E-state index in [-0.39, 0.29) is 16.6 Å².